The average Bonchev–Trinajstić information content (AvgIpc) is 3.06. The molecule has 7 nitrogen and oxygen atoms in total. The van der Waals surface area contributed by atoms with Gasteiger partial charge < -0.3 is 9.47 Å². The van der Waals surface area contributed by atoms with Crippen molar-refractivity contribution in [2.24, 2.45) is 0 Å². The third kappa shape index (κ3) is 4.68. The lowest BCUT2D eigenvalue weighted by atomic mass is 10.1. The van der Waals surface area contributed by atoms with E-state index < -0.39 is 16.6 Å². The van der Waals surface area contributed by atoms with E-state index in [1.54, 1.807) is 33.9 Å². The van der Waals surface area contributed by atoms with Gasteiger partial charge in [0.25, 0.3) is 5.69 Å². The zero-order valence-electron chi connectivity index (χ0n) is 17.7. The quantitative estimate of drug-likeness (QED) is 0.301. The summed E-state index contributed by atoms with van der Waals surface area (Å²) in [6.45, 7) is 5.86. The maximum Gasteiger partial charge on any atom is 0.419 e. The Morgan fingerprint density at radius 1 is 1.13 bits per heavy atom. The summed E-state index contributed by atoms with van der Waals surface area (Å²) in [5, 5.41) is 12.5. The molecular formula is C23H26N2O5. The van der Waals surface area contributed by atoms with Crippen molar-refractivity contribution >= 4 is 22.7 Å². The molecule has 0 aliphatic carbocycles. The smallest absolute Gasteiger partial charge is 0.419 e. The molecular weight excluding hydrogens is 384 g/mol. The monoisotopic (exact) mass is 410 g/mol. The molecule has 0 atom stereocenters. The topological polar surface area (TPSA) is 83.6 Å². The summed E-state index contributed by atoms with van der Waals surface area (Å²) in [6, 6.07) is 14.6. The van der Waals surface area contributed by atoms with Gasteiger partial charge in [0.1, 0.15) is 11.1 Å². The zero-order valence-corrected chi connectivity index (χ0v) is 17.7. The molecule has 0 saturated heterocycles. The second-order valence-corrected chi connectivity index (χ2v) is 8.12. The number of nitrogens with zero attached hydrogens (tertiary/aromatic N) is 2. The van der Waals surface area contributed by atoms with E-state index in [4.69, 9.17) is 9.47 Å². The van der Waals surface area contributed by atoms with E-state index in [1.165, 1.54) is 10.6 Å². The van der Waals surface area contributed by atoms with E-state index in [0.29, 0.717) is 24.1 Å². The van der Waals surface area contributed by atoms with Crippen molar-refractivity contribution in [3.8, 4) is 11.3 Å². The van der Waals surface area contributed by atoms with Crippen molar-refractivity contribution < 1.29 is 19.2 Å². The summed E-state index contributed by atoms with van der Waals surface area (Å²) in [5.74, 6) is 0. The average molecular weight is 410 g/mol. The number of nitro groups is 1. The molecule has 0 radical (unpaired) electrons. The lowest BCUT2D eigenvalue weighted by Crippen LogP contribution is -2.27. The highest BCUT2D eigenvalue weighted by Crippen LogP contribution is 2.35. The molecule has 0 spiro atoms. The number of rotatable bonds is 6. The SMILES string of the molecule is COCCCc1cc([N+](=O)[O-])c2c(c1)cc(-c1ccccc1)n2C(=O)OC(C)(C)C. The fourth-order valence-corrected chi connectivity index (χ4v) is 3.41. The Labute approximate surface area is 175 Å². The van der Waals surface area contributed by atoms with Crippen LogP contribution < -0.4 is 0 Å². The molecule has 0 bridgehead atoms. The number of aromatic nitrogens is 1. The highest BCUT2D eigenvalue weighted by atomic mass is 16.6. The van der Waals surface area contributed by atoms with Crippen LogP contribution in [0.25, 0.3) is 22.2 Å². The summed E-state index contributed by atoms with van der Waals surface area (Å²) < 4.78 is 12.0. The van der Waals surface area contributed by atoms with E-state index in [0.717, 1.165) is 17.5 Å². The third-order valence-corrected chi connectivity index (χ3v) is 4.59. The Bertz CT molecular complexity index is 1060. The highest BCUT2D eigenvalue weighted by Gasteiger charge is 2.28. The van der Waals surface area contributed by atoms with Crippen LogP contribution in [0.15, 0.2) is 48.5 Å². The van der Waals surface area contributed by atoms with Crippen molar-refractivity contribution in [1.82, 2.24) is 4.57 Å². The van der Waals surface area contributed by atoms with Crippen LogP contribution in [-0.4, -0.2) is 34.9 Å². The first-order valence-electron chi connectivity index (χ1n) is 9.82. The van der Waals surface area contributed by atoms with Gasteiger partial charge in [0.05, 0.1) is 10.6 Å². The van der Waals surface area contributed by atoms with Crippen molar-refractivity contribution in [3.05, 3.63) is 64.2 Å². The summed E-state index contributed by atoms with van der Waals surface area (Å²) in [4.78, 5) is 24.6. The number of carbonyl (C=O) groups is 1. The van der Waals surface area contributed by atoms with Crippen molar-refractivity contribution in [3.63, 3.8) is 0 Å². The number of hydrogen-bond donors (Lipinski definition) is 0. The number of ether oxygens (including phenoxy) is 2. The Kier molecular flexibility index (Phi) is 6.22. The summed E-state index contributed by atoms with van der Waals surface area (Å²) in [5.41, 5.74) is 1.53. The van der Waals surface area contributed by atoms with Gasteiger partial charge >= 0.3 is 6.09 Å². The molecule has 0 unspecified atom stereocenters. The molecule has 0 aliphatic rings. The lowest BCUT2D eigenvalue weighted by molar-refractivity contribution is -0.383. The standard InChI is InChI=1S/C23H26N2O5/c1-23(2,3)30-22(26)24-19(17-10-6-5-7-11-17)15-18-13-16(9-8-12-29-4)14-20(21(18)24)25(27)28/h5-7,10-11,13-15H,8-9,12H2,1-4H3. The van der Waals surface area contributed by atoms with E-state index >= 15 is 0 Å². The van der Waals surface area contributed by atoms with Gasteiger partial charge in [0.2, 0.25) is 0 Å². The number of nitro benzene ring substituents is 1. The van der Waals surface area contributed by atoms with Crippen molar-refractivity contribution in [2.75, 3.05) is 13.7 Å². The number of aryl methyl sites for hydroxylation is 1. The minimum atomic E-state index is -0.740. The second kappa shape index (κ2) is 8.67. The molecule has 0 saturated carbocycles. The van der Waals surface area contributed by atoms with Crippen LogP contribution >= 0.6 is 0 Å². The molecule has 0 N–H and O–H groups in total. The number of hydrogen-bond acceptors (Lipinski definition) is 5. The Morgan fingerprint density at radius 2 is 1.83 bits per heavy atom. The third-order valence-electron chi connectivity index (χ3n) is 4.59. The Hall–Kier alpha value is -3.19. The van der Waals surface area contributed by atoms with Crippen LogP contribution in [0.4, 0.5) is 10.5 Å². The van der Waals surface area contributed by atoms with Gasteiger partial charge in [0, 0.05) is 25.2 Å². The summed E-state index contributed by atoms with van der Waals surface area (Å²) in [7, 11) is 1.62. The van der Waals surface area contributed by atoms with Gasteiger partial charge in [-0.25, -0.2) is 9.36 Å². The normalized spacial score (nSPS) is 11.6. The number of fused-ring (bicyclic) bond motifs is 1. The van der Waals surface area contributed by atoms with Crippen LogP contribution in [-0.2, 0) is 15.9 Å². The molecule has 0 aliphatic heterocycles. The Morgan fingerprint density at radius 3 is 2.43 bits per heavy atom. The fourth-order valence-electron chi connectivity index (χ4n) is 3.41. The first kappa shape index (κ1) is 21.5. The van der Waals surface area contributed by atoms with E-state index in [2.05, 4.69) is 0 Å². The predicted octanol–water partition coefficient (Wildman–Crippen LogP) is 5.58. The predicted molar refractivity (Wildman–Crippen MR) is 116 cm³/mol. The van der Waals surface area contributed by atoms with Gasteiger partial charge in [-0.3, -0.25) is 10.1 Å². The van der Waals surface area contributed by atoms with Gasteiger partial charge in [-0.1, -0.05) is 30.3 Å². The van der Waals surface area contributed by atoms with E-state index in [1.807, 2.05) is 36.4 Å². The van der Waals surface area contributed by atoms with Crippen LogP contribution in [0, 0.1) is 10.1 Å². The molecule has 158 valence electrons. The lowest BCUT2D eigenvalue weighted by Gasteiger charge is -2.21. The van der Waals surface area contributed by atoms with E-state index in [9.17, 15) is 14.9 Å². The Balaban J connectivity index is 2.25. The second-order valence-electron chi connectivity index (χ2n) is 8.12. The molecule has 1 heterocycles. The molecule has 7 heteroatoms. The van der Waals surface area contributed by atoms with Crippen molar-refractivity contribution in [1.29, 1.82) is 0 Å². The van der Waals surface area contributed by atoms with Gasteiger partial charge in [-0.15, -0.1) is 0 Å². The van der Waals surface area contributed by atoms with Crippen LogP contribution in [0.2, 0.25) is 0 Å². The maximum atomic E-state index is 13.1. The van der Waals surface area contributed by atoms with Crippen LogP contribution in [0.1, 0.15) is 32.8 Å². The zero-order chi connectivity index (χ0) is 21.9. The van der Waals surface area contributed by atoms with Gasteiger partial charge in [-0.2, -0.15) is 0 Å². The fraction of sp³-hybridized carbons (Fsp3) is 0.348. The molecule has 3 rings (SSSR count). The van der Waals surface area contributed by atoms with Crippen LogP contribution in [0.3, 0.4) is 0 Å². The molecule has 0 amide bonds. The number of methoxy groups -OCH3 is 1. The van der Waals surface area contributed by atoms with E-state index in [-0.39, 0.29) is 11.2 Å². The van der Waals surface area contributed by atoms with Gasteiger partial charge in [-0.05, 0) is 56.9 Å². The van der Waals surface area contributed by atoms with Crippen molar-refractivity contribution in [2.45, 2.75) is 39.2 Å². The highest BCUT2D eigenvalue weighted by molar-refractivity contribution is 6.01. The molecule has 0 fully saturated rings. The molecule has 30 heavy (non-hydrogen) atoms. The largest absolute Gasteiger partial charge is 0.443 e. The first-order chi connectivity index (χ1) is 14.2. The summed E-state index contributed by atoms with van der Waals surface area (Å²) in [6.07, 6.45) is 0.743. The summed E-state index contributed by atoms with van der Waals surface area (Å²) >= 11 is 0. The first-order valence-corrected chi connectivity index (χ1v) is 9.82. The molecule has 1 aromatic heterocycles. The van der Waals surface area contributed by atoms with Gasteiger partial charge in [0.15, 0.2) is 0 Å². The number of benzene rings is 2. The minimum Gasteiger partial charge on any atom is -0.443 e. The molecule has 2 aromatic carbocycles. The maximum absolute atomic E-state index is 13.1. The minimum absolute atomic E-state index is 0.118. The van der Waals surface area contributed by atoms with Crippen LogP contribution in [0.5, 0.6) is 0 Å². The number of carbonyl (C=O) groups excluding carboxylic acids is 1. The molecule has 3 aromatic rings. The number of non-ortho nitro benzene ring substituents is 1.